The highest BCUT2D eigenvalue weighted by molar-refractivity contribution is 5.68. The summed E-state index contributed by atoms with van der Waals surface area (Å²) in [6.07, 6.45) is 2.13. The normalized spacial score (nSPS) is 16.2. The molecule has 1 aromatic carbocycles. The highest BCUT2D eigenvalue weighted by atomic mass is 16.5. The summed E-state index contributed by atoms with van der Waals surface area (Å²) in [6, 6.07) is 6.71. The SMILES string of the molecule is COCCC(C)N1CCc2c(N)cccc21. The van der Waals surface area contributed by atoms with Crippen molar-refractivity contribution in [3.8, 4) is 0 Å². The molecule has 1 atom stereocenters. The molecule has 0 saturated heterocycles. The van der Waals surface area contributed by atoms with E-state index < -0.39 is 0 Å². The highest BCUT2D eigenvalue weighted by Gasteiger charge is 2.24. The van der Waals surface area contributed by atoms with E-state index in [2.05, 4.69) is 17.9 Å². The highest BCUT2D eigenvalue weighted by Crippen LogP contribution is 2.33. The van der Waals surface area contributed by atoms with Crippen LogP contribution in [0.15, 0.2) is 18.2 Å². The summed E-state index contributed by atoms with van der Waals surface area (Å²) in [5.41, 5.74) is 9.53. The summed E-state index contributed by atoms with van der Waals surface area (Å²) in [5.74, 6) is 0. The lowest BCUT2D eigenvalue weighted by Gasteiger charge is -2.27. The zero-order valence-corrected chi connectivity index (χ0v) is 10.1. The lowest BCUT2D eigenvalue weighted by Crippen LogP contribution is -2.32. The third-order valence-corrected chi connectivity index (χ3v) is 3.37. The van der Waals surface area contributed by atoms with Gasteiger partial charge in [0, 0.05) is 43.2 Å². The van der Waals surface area contributed by atoms with Gasteiger partial charge in [0.2, 0.25) is 0 Å². The number of anilines is 2. The second-order valence-corrected chi connectivity index (χ2v) is 4.42. The number of nitrogen functional groups attached to an aromatic ring is 1. The van der Waals surface area contributed by atoms with E-state index in [1.165, 1.54) is 11.3 Å². The molecule has 0 amide bonds. The number of fused-ring (bicyclic) bond motifs is 1. The summed E-state index contributed by atoms with van der Waals surface area (Å²) in [7, 11) is 1.75. The molecule has 1 unspecified atom stereocenters. The summed E-state index contributed by atoms with van der Waals surface area (Å²) in [6.45, 7) is 4.14. The summed E-state index contributed by atoms with van der Waals surface area (Å²) in [5, 5.41) is 0. The standard InChI is InChI=1S/C13H20N2O/c1-10(7-9-16-2)15-8-6-11-12(14)4-3-5-13(11)15/h3-5,10H,6-9,14H2,1-2H3. The summed E-state index contributed by atoms with van der Waals surface area (Å²) >= 11 is 0. The van der Waals surface area contributed by atoms with Crippen molar-refractivity contribution in [2.45, 2.75) is 25.8 Å². The molecule has 0 bridgehead atoms. The van der Waals surface area contributed by atoms with Crippen LogP contribution in [-0.2, 0) is 11.2 Å². The Morgan fingerprint density at radius 3 is 3.06 bits per heavy atom. The largest absolute Gasteiger partial charge is 0.398 e. The van der Waals surface area contributed by atoms with Gasteiger partial charge in [-0.3, -0.25) is 0 Å². The molecule has 88 valence electrons. The lowest BCUT2D eigenvalue weighted by atomic mass is 10.1. The average molecular weight is 220 g/mol. The Bertz CT molecular complexity index is 365. The van der Waals surface area contributed by atoms with Gasteiger partial charge in [0.05, 0.1) is 0 Å². The quantitative estimate of drug-likeness (QED) is 0.789. The van der Waals surface area contributed by atoms with Crippen molar-refractivity contribution < 1.29 is 4.74 Å². The summed E-state index contributed by atoms with van der Waals surface area (Å²) < 4.78 is 5.13. The monoisotopic (exact) mass is 220 g/mol. The first-order valence-corrected chi connectivity index (χ1v) is 5.87. The van der Waals surface area contributed by atoms with Crippen LogP contribution < -0.4 is 10.6 Å². The third-order valence-electron chi connectivity index (χ3n) is 3.37. The molecule has 1 aliphatic heterocycles. The molecule has 0 saturated carbocycles. The number of nitrogens with two attached hydrogens (primary N) is 1. The minimum atomic E-state index is 0.517. The van der Waals surface area contributed by atoms with Gasteiger partial charge in [-0.25, -0.2) is 0 Å². The van der Waals surface area contributed by atoms with E-state index in [4.69, 9.17) is 10.5 Å². The van der Waals surface area contributed by atoms with Gasteiger partial charge in [-0.1, -0.05) is 6.07 Å². The molecule has 3 heteroatoms. The van der Waals surface area contributed by atoms with Crippen molar-refractivity contribution >= 4 is 11.4 Å². The van der Waals surface area contributed by atoms with Crippen molar-refractivity contribution in [3.63, 3.8) is 0 Å². The number of ether oxygens (including phenoxy) is 1. The van der Waals surface area contributed by atoms with Crippen LogP contribution in [0.4, 0.5) is 11.4 Å². The molecular weight excluding hydrogens is 200 g/mol. The molecule has 0 radical (unpaired) electrons. The molecule has 1 aromatic rings. The molecule has 0 aromatic heterocycles. The zero-order chi connectivity index (χ0) is 11.5. The molecule has 1 heterocycles. The molecule has 2 rings (SSSR count). The molecule has 3 nitrogen and oxygen atoms in total. The van der Waals surface area contributed by atoms with Crippen molar-refractivity contribution in [2.24, 2.45) is 0 Å². The second-order valence-electron chi connectivity index (χ2n) is 4.42. The molecule has 0 spiro atoms. The van der Waals surface area contributed by atoms with E-state index in [1.807, 2.05) is 12.1 Å². The van der Waals surface area contributed by atoms with E-state index in [1.54, 1.807) is 7.11 Å². The smallest absolute Gasteiger partial charge is 0.0481 e. The van der Waals surface area contributed by atoms with Gasteiger partial charge in [0.25, 0.3) is 0 Å². The first kappa shape index (κ1) is 11.3. The minimum absolute atomic E-state index is 0.517. The third kappa shape index (κ3) is 2.00. The first-order valence-electron chi connectivity index (χ1n) is 5.87. The van der Waals surface area contributed by atoms with Crippen LogP contribution in [-0.4, -0.2) is 26.3 Å². The van der Waals surface area contributed by atoms with Crippen molar-refractivity contribution in [1.82, 2.24) is 0 Å². The molecule has 0 fully saturated rings. The molecular formula is C13H20N2O. The zero-order valence-electron chi connectivity index (χ0n) is 10.1. The second kappa shape index (κ2) is 4.74. The number of hydrogen-bond donors (Lipinski definition) is 1. The Hall–Kier alpha value is -1.22. The van der Waals surface area contributed by atoms with Crippen LogP contribution in [0.1, 0.15) is 18.9 Å². The Morgan fingerprint density at radius 1 is 1.50 bits per heavy atom. The fraction of sp³-hybridized carbons (Fsp3) is 0.538. The van der Waals surface area contributed by atoms with E-state index in [9.17, 15) is 0 Å². The number of methoxy groups -OCH3 is 1. The van der Waals surface area contributed by atoms with Crippen LogP contribution in [0, 0.1) is 0 Å². The number of benzene rings is 1. The van der Waals surface area contributed by atoms with Gasteiger partial charge < -0.3 is 15.4 Å². The first-order chi connectivity index (χ1) is 7.74. The maximum Gasteiger partial charge on any atom is 0.0481 e. The maximum atomic E-state index is 5.98. The Labute approximate surface area is 97.2 Å². The van der Waals surface area contributed by atoms with E-state index >= 15 is 0 Å². The van der Waals surface area contributed by atoms with Gasteiger partial charge in [0.1, 0.15) is 0 Å². The molecule has 2 N–H and O–H groups in total. The van der Waals surface area contributed by atoms with Crippen molar-refractivity contribution in [3.05, 3.63) is 23.8 Å². The topological polar surface area (TPSA) is 38.5 Å². The van der Waals surface area contributed by atoms with E-state index in [0.29, 0.717) is 6.04 Å². The van der Waals surface area contributed by atoms with Gasteiger partial charge >= 0.3 is 0 Å². The fourth-order valence-corrected chi connectivity index (χ4v) is 2.39. The Kier molecular flexibility index (Phi) is 3.34. The molecule has 16 heavy (non-hydrogen) atoms. The number of hydrogen-bond acceptors (Lipinski definition) is 3. The Morgan fingerprint density at radius 2 is 2.31 bits per heavy atom. The minimum Gasteiger partial charge on any atom is -0.398 e. The number of nitrogens with zero attached hydrogens (tertiary/aromatic N) is 1. The van der Waals surface area contributed by atoms with E-state index in [0.717, 1.165) is 31.7 Å². The van der Waals surface area contributed by atoms with Gasteiger partial charge in [0.15, 0.2) is 0 Å². The Balaban J connectivity index is 2.14. The van der Waals surface area contributed by atoms with Crippen LogP contribution in [0.5, 0.6) is 0 Å². The van der Waals surface area contributed by atoms with Crippen LogP contribution in [0.25, 0.3) is 0 Å². The van der Waals surface area contributed by atoms with Gasteiger partial charge in [-0.2, -0.15) is 0 Å². The molecule has 1 aliphatic rings. The predicted octanol–water partition coefficient (Wildman–Crippen LogP) is 2.06. The van der Waals surface area contributed by atoms with Crippen molar-refractivity contribution in [2.75, 3.05) is 30.9 Å². The maximum absolute atomic E-state index is 5.98. The lowest BCUT2D eigenvalue weighted by molar-refractivity contribution is 0.188. The molecule has 0 aliphatic carbocycles. The predicted molar refractivity (Wildman–Crippen MR) is 67.9 cm³/mol. The van der Waals surface area contributed by atoms with Crippen molar-refractivity contribution in [1.29, 1.82) is 0 Å². The number of rotatable bonds is 4. The fourth-order valence-electron chi connectivity index (χ4n) is 2.39. The van der Waals surface area contributed by atoms with E-state index in [-0.39, 0.29) is 0 Å². The van der Waals surface area contributed by atoms with Crippen LogP contribution in [0.3, 0.4) is 0 Å². The summed E-state index contributed by atoms with van der Waals surface area (Å²) in [4.78, 5) is 2.44. The van der Waals surface area contributed by atoms with Crippen LogP contribution >= 0.6 is 0 Å². The average Bonchev–Trinajstić information content (AvgIpc) is 2.71. The van der Waals surface area contributed by atoms with Crippen LogP contribution in [0.2, 0.25) is 0 Å². The van der Waals surface area contributed by atoms with Gasteiger partial charge in [-0.15, -0.1) is 0 Å². The van der Waals surface area contributed by atoms with Gasteiger partial charge in [-0.05, 0) is 31.9 Å².